The number of amides is 2. The molecule has 0 radical (unpaired) electrons. The van der Waals surface area contributed by atoms with Crippen molar-refractivity contribution in [2.45, 2.75) is 20.4 Å². The Kier molecular flexibility index (Phi) is 6.51. The van der Waals surface area contributed by atoms with Crippen LogP contribution in [0.1, 0.15) is 19.4 Å². The van der Waals surface area contributed by atoms with Gasteiger partial charge in [0.25, 0.3) is 11.8 Å². The van der Waals surface area contributed by atoms with Gasteiger partial charge in [0.2, 0.25) is 0 Å². The molecule has 0 atom stereocenters. The molecule has 6 nitrogen and oxygen atoms in total. The topological polar surface area (TPSA) is 54.8 Å². The van der Waals surface area contributed by atoms with Crippen molar-refractivity contribution in [2.24, 2.45) is 0 Å². The van der Waals surface area contributed by atoms with Gasteiger partial charge in [0.1, 0.15) is 17.1 Å². The second-order valence-electron chi connectivity index (χ2n) is 10.5. The van der Waals surface area contributed by atoms with Crippen molar-refractivity contribution in [1.29, 1.82) is 0 Å². The molecule has 2 aliphatic rings. The Morgan fingerprint density at radius 2 is 1.28 bits per heavy atom. The molecular formula is C37H29N3O3. The Balaban J connectivity index is 1.28. The number of allylic oxidation sites excluding steroid dienone is 5. The van der Waals surface area contributed by atoms with Crippen LogP contribution in [0.5, 0.6) is 0 Å². The van der Waals surface area contributed by atoms with Crippen LogP contribution in [0.4, 0.5) is 11.4 Å². The van der Waals surface area contributed by atoms with Gasteiger partial charge in [-0.05, 0) is 85.7 Å². The van der Waals surface area contributed by atoms with Crippen molar-refractivity contribution < 1.29 is 14.3 Å². The van der Waals surface area contributed by atoms with Crippen molar-refractivity contribution in [3.63, 3.8) is 0 Å². The summed E-state index contributed by atoms with van der Waals surface area (Å²) in [5.74, 6) is 0.358. The fourth-order valence-electron chi connectivity index (χ4n) is 5.91. The summed E-state index contributed by atoms with van der Waals surface area (Å²) in [6.45, 7) is 4.87. The number of rotatable bonds is 5. The zero-order valence-electron chi connectivity index (χ0n) is 23.9. The van der Waals surface area contributed by atoms with E-state index in [-0.39, 0.29) is 5.57 Å². The number of aromatic nitrogens is 1. The second kappa shape index (κ2) is 10.7. The van der Waals surface area contributed by atoms with Gasteiger partial charge in [0.15, 0.2) is 0 Å². The number of para-hydroxylation sites is 3. The minimum atomic E-state index is -0.390. The van der Waals surface area contributed by atoms with Crippen molar-refractivity contribution in [3.05, 3.63) is 150 Å². The maximum absolute atomic E-state index is 13.9. The lowest BCUT2D eigenvalue weighted by molar-refractivity contribution is -0.116. The van der Waals surface area contributed by atoms with Crippen LogP contribution in [0.3, 0.4) is 0 Å². The summed E-state index contributed by atoms with van der Waals surface area (Å²) in [6.07, 6.45) is 7.37. The molecule has 5 aromatic rings. The van der Waals surface area contributed by atoms with Gasteiger partial charge < -0.3 is 9.30 Å². The highest BCUT2D eigenvalue weighted by atomic mass is 16.5. The van der Waals surface area contributed by atoms with Crippen molar-refractivity contribution in [1.82, 2.24) is 4.57 Å². The van der Waals surface area contributed by atoms with Gasteiger partial charge >= 0.3 is 0 Å². The lowest BCUT2D eigenvalue weighted by Gasteiger charge is -2.27. The molecule has 210 valence electrons. The third kappa shape index (κ3) is 4.53. The lowest BCUT2D eigenvalue weighted by atomic mass is 10.0. The highest BCUT2D eigenvalue weighted by Gasteiger charge is 2.44. The SMILES string of the molecule is CCn1c2ccccc2c2cc(C=CC3=CC(=C4C(=O)N(c5ccccc5)N(c5ccccc5)C4=O)C=C(C)O3)ccc21. The number of benzene rings is 4. The molecule has 0 saturated carbocycles. The molecule has 2 amide bonds. The fraction of sp³-hybridized carbons (Fsp3) is 0.0811. The first-order chi connectivity index (χ1) is 21.0. The van der Waals surface area contributed by atoms with E-state index in [1.165, 1.54) is 31.8 Å². The number of hydrogen-bond donors (Lipinski definition) is 0. The predicted molar refractivity (Wildman–Crippen MR) is 172 cm³/mol. The number of hydrogen-bond acceptors (Lipinski definition) is 3. The number of hydrazine groups is 1. The van der Waals surface area contributed by atoms with Gasteiger partial charge in [-0.2, -0.15) is 0 Å². The summed E-state index contributed by atoms with van der Waals surface area (Å²) >= 11 is 0. The lowest BCUT2D eigenvalue weighted by Crippen LogP contribution is -2.41. The number of carbonyl (C=O) groups is 2. The Labute approximate surface area is 249 Å². The predicted octanol–water partition coefficient (Wildman–Crippen LogP) is 7.94. The van der Waals surface area contributed by atoms with E-state index in [0.717, 1.165) is 12.1 Å². The van der Waals surface area contributed by atoms with Gasteiger partial charge in [-0.25, -0.2) is 10.0 Å². The third-order valence-corrected chi connectivity index (χ3v) is 7.79. The molecule has 0 unspecified atom stereocenters. The zero-order valence-corrected chi connectivity index (χ0v) is 23.9. The Morgan fingerprint density at radius 3 is 1.93 bits per heavy atom. The van der Waals surface area contributed by atoms with Crippen LogP contribution >= 0.6 is 0 Å². The number of nitrogens with zero attached hydrogens (tertiary/aromatic N) is 3. The highest BCUT2D eigenvalue weighted by Crippen LogP contribution is 2.35. The number of fused-ring (bicyclic) bond motifs is 3. The van der Waals surface area contributed by atoms with E-state index in [4.69, 9.17) is 4.74 Å². The first-order valence-corrected chi connectivity index (χ1v) is 14.3. The fourth-order valence-corrected chi connectivity index (χ4v) is 5.91. The molecule has 0 N–H and O–H groups in total. The largest absolute Gasteiger partial charge is 0.462 e. The monoisotopic (exact) mass is 563 g/mol. The molecule has 0 spiro atoms. The number of anilines is 2. The molecule has 0 aliphatic carbocycles. The van der Waals surface area contributed by atoms with Crippen molar-refractivity contribution in [3.8, 4) is 0 Å². The maximum Gasteiger partial charge on any atom is 0.283 e. The van der Waals surface area contributed by atoms with Crippen LogP contribution in [0.15, 0.2) is 144 Å². The normalized spacial score (nSPS) is 15.6. The standard InChI is InChI=1S/C37H29N3O3/c1-3-38-33-17-11-10-16-31(33)32-23-26(19-21-34(32)38)18-20-30-24-27(22-25(2)43-30)35-36(41)39(28-12-6-4-7-13-28)40(37(35)42)29-14-8-5-9-15-29/h4-24H,3H2,1-2H3. The van der Waals surface area contributed by atoms with E-state index in [9.17, 15) is 9.59 Å². The van der Waals surface area contributed by atoms with Crippen molar-refractivity contribution in [2.75, 3.05) is 10.0 Å². The van der Waals surface area contributed by atoms with E-state index < -0.39 is 11.8 Å². The summed E-state index contributed by atoms with van der Waals surface area (Å²) in [5, 5.41) is 5.28. The summed E-state index contributed by atoms with van der Waals surface area (Å²) in [7, 11) is 0. The quantitative estimate of drug-likeness (QED) is 0.161. The molecule has 3 heterocycles. The second-order valence-corrected chi connectivity index (χ2v) is 10.5. The average molecular weight is 564 g/mol. The first-order valence-electron chi connectivity index (χ1n) is 14.3. The van der Waals surface area contributed by atoms with Crippen LogP contribution < -0.4 is 10.0 Å². The molecular weight excluding hydrogens is 534 g/mol. The van der Waals surface area contributed by atoms with Gasteiger partial charge in [-0.15, -0.1) is 0 Å². The van der Waals surface area contributed by atoms with E-state index in [0.29, 0.717) is 28.5 Å². The Hall–Kier alpha value is -5.62. The smallest absolute Gasteiger partial charge is 0.283 e. The molecule has 1 saturated heterocycles. The summed E-state index contributed by atoms with van der Waals surface area (Å²) in [4.78, 5) is 27.9. The zero-order chi connectivity index (χ0) is 29.5. The van der Waals surface area contributed by atoms with Crippen LogP contribution in [-0.2, 0) is 20.9 Å². The van der Waals surface area contributed by atoms with Gasteiger partial charge in [-0.1, -0.05) is 66.7 Å². The average Bonchev–Trinajstić information content (AvgIpc) is 3.50. The van der Waals surface area contributed by atoms with E-state index in [1.54, 1.807) is 12.2 Å². The summed E-state index contributed by atoms with van der Waals surface area (Å²) in [5.41, 5.74) is 5.26. The summed E-state index contributed by atoms with van der Waals surface area (Å²) in [6, 6.07) is 33.3. The molecule has 7 rings (SSSR count). The molecule has 2 aliphatic heterocycles. The third-order valence-electron chi connectivity index (χ3n) is 7.79. The molecule has 1 fully saturated rings. The van der Waals surface area contributed by atoms with Crippen LogP contribution in [-0.4, -0.2) is 16.4 Å². The molecule has 1 aromatic heterocycles. The van der Waals surface area contributed by atoms with Crippen LogP contribution in [0.25, 0.3) is 27.9 Å². The molecule has 43 heavy (non-hydrogen) atoms. The van der Waals surface area contributed by atoms with Gasteiger partial charge in [0, 0.05) is 28.4 Å². The highest BCUT2D eigenvalue weighted by molar-refractivity contribution is 6.36. The minimum absolute atomic E-state index is 0.0926. The Bertz CT molecular complexity index is 1970. The van der Waals surface area contributed by atoms with Crippen LogP contribution in [0.2, 0.25) is 0 Å². The molecule has 0 bridgehead atoms. The minimum Gasteiger partial charge on any atom is -0.462 e. The first kappa shape index (κ1) is 26.3. The maximum atomic E-state index is 13.9. The number of carbonyl (C=O) groups excluding carboxylic acids is 2. The molecule has 4 aromatic carbocycles. The summed E-state index contributed by atoms with van der Waals surface area (Å²) < 4.78 is 8.34. The van der Waals surface area contributed by atoms with E-state index in [2.05, 4.69) is 54.0 Å². The van der Waals surface area contributed by atoms with Gasteiger partial charge in [0.05, 0.1) is 11.4 Å². The molecule has 6 heteroatoms. The van der Waals surface area contributed by atoms with E-state index >= 15 is 0 Å². The van der Waals surface area contributed by atoms with Crippen LogP contribution in [0, 0.1) is 0 Å². The van der Waals surface area contributed by atoms with E-state index in [1.807, 2.05) is 79.7 Å². The van der Waals surface area contributed by atoms with Gasteiger partial charge in [-0.3, -0.25) is 9.59 Å². The number of aryl methyl sites for hydroxylation is 1. The number of ether oxygens (including phenoxy) is 1. The van der Waals surface area contributed by atoms with Crippen molar-refractivity contribution >= 4 is 51.1 Å². The Morgan fingerprint density at radius 1 is 0.674 bits per heavy atom.